The smallest absolute Gasteiger partial charge is 0.155 e. The maximum absolute atomic E-state index is 13.4. The van der Waals surface area contributed by atoms with Gasteiger partial charge in [0.1, 0.15) is 5.75 Å². The molecule has 0 saturated heterocycles. The number of thiophene rings is 1. The lowest BCUT2D eigenvalue weighted by molar-refractivity contribution is 0.341. The van der Waals surface area contributed by atoms with Gasteiger partial charge in [0.05, 0.1) is 10.8 Å². The van der Waals surface area contributed by atoms with Gasteiger partial charge in [-0.3, -0.25) is 0 Å². The van der Waals surface area contributed by atoms with E-state index in [0.29, 0.717) is 16.2 Å². The minimum atomic E-state index is -0.239. The van der Waals surface area contributed by atoms with E-state index in [4.69, 9.17) is 4.74 Å². The van der Waals surface area contributed by atoms with Crippen molar-refractivity contribution in [2.45, 2.75) is 11.1 Å². The van der Waals surface area contributed by atoms with Crippen LogP contribution in [0.5, 0.6) is 5.75 Å². The third-order valence-corrected chi connectivity index (χ3v) is 3.30. The molecule has 0 fully saturated rings. The lowest BCUT2D eigenvalue weighted by Crippen LogP contribution is -1.89. The number of hydrogen-bond donors (Lipinski definition) is 1. The number of benzene rings is 1. The summed E-state index contributed by atoms with van der Waals surface area (Å²) >= 11 is 5.37. The molecule has 14 heavy (non-hydrogen) atoms. The van der Waals surface area contributed by atoms with Gasteiger partial charge in [0.25, 0.3) is 0 Å². The zero-order chi connectivity index (χ0) is 10.1. The predicted octanol–water partition coefficient (Wildman–Crippen LogP) is 3.73. The minimum Gasteiger partial charge on any atom is -0.494 e. The molecule has 0 saturated carbocycles. The summed E-state index contributed by atoms with van der Waals surface area (Å²) in [5, 5.41) is 0.614. The highest BCUT2D eigenvalue weighted by Crippen LogP contribution is 2.34. The van der Waals surface area contributed by atoms with Gasteiger partial charge in [0.2, 0.25) is 0 Å². The molecule has 0 radical (unpaired) electrons. The molecular weight excluding hydrogens is 219 g/mol. The highest BCUT2D eigenvalue weighted by molar-refractivity contribution is 7.83. The molecule has 0 aliphatic carbocycles. The van der Waals surface area contributed by atoms with Crippen LogP contribution in [0, 0.1) is 5.82 Å². The molecule has 0 N–H and O–H groups in total. The van der Waals surface area contributed by atoms with Crippen molar-refractivity contribution >= 4 is 34.1 Å². The zero-order valence-corrected chi connectivity index (χ0v) is 9.29. The first-order valence-corrected chi connectivity index (χ1v) is 5.52. The van der Waals surface area contributed by atoms with E-state index in [1.807, 2.05) is 13.0 Å². The molecule has 0 spiro atoms. The van der Waals surface area contributed by atoms with Crippen molar-refractivity contribution in [3.05, 3.63) is 24.0 Å². The Morgan fingerprint density at radius 1 is 1.50 bits per heavy atom. The maximum atomic E-state index is 13.4. The SMILES string of the molecule is CCOc1ccc2c(F)c(S)sc2c1. The Bertz CT molecular complexity index is 464. The Morgan fingerprint density at radius 3 is 3.00 bits per heavy atom. The van der Waals surface area contributed by atoms with Crippen LogP contribution in [0.25, 0.3) is 10.1 Å². The number of thiol groups is 1. The van der Waals surface area contributed by atoms with Gasteiger partial charge in [-0.15, -0.1) is 24.0 Å². The van der Waals surface area contributed by atoms with Crippen molar-refractivity contribution in [2.24, 2.45) is 0 Å². The molecule has 1 nitrogen and oxygen atoms in total. The molecule has 0 atom stereocenters. The Kier molecular flexibility index (Phi) is 2.65. The molecule has 0 unspecified atom stereocenters. The number of rotatable bonds is 2. The van der Waals surface area contributed by atoms with Gasteiger partial charge in [0, 0.05) is 10.1 Å². The second-order valence-electron chi connectivity index (χ2n) is 2.81. The summed E-state index contributed by atoms with van der Waals surface area (Å²) in [7, 11) is 0. The van der Waals surface area contributed by atoms with Gasteiger partial charge in [-0.1, -0.05) is 0 Å². The molecule has 1 heterocycles. The van der Waals surface area contributed by atoms with E-state index in [2.05, 4.69) is 12.6 Å². The van der Waals surface area contributed by atoms with Crippen molar-refractivity contribution in [1.82, 2.24) is 0 Å². The van der Waals surface area contributed by atoms with E-state index >= 15 is 0 Å². The van der Waals surface area contributed by atoms with Crippen LogP contribution >= 0.6 is 24.0 Å². The molecule has 0 aliphatic rings. The van der Waals surface area contributed by atoms with Crippen LogP contribution in [0.1, 0.15) is 6.92 Å². The summed E-state index contributed by atoms with van der Waals surface area (Å²) in [4.78, 5) is 0. The molecule has 1 aromatic carbocycles. The number of ether oxygens (including phenoxy) is 1. The van der Waals surface area contributed by atoms with Crippen LogP contribution < -0.4 is 4.74 Å². The fraction of sp³-hybridized carbons (Fsp3) is 0.200. The monoisotopic (exact) mass is 228 g/mol. The average molecular weight is 228 g/mol. The molecule has 4 heteroatoms. The lowest BCUT2D eigenvalue weighted by Gasteiger charge is -2.01. The van der Waals surface area contributed by atoms with Crippen molar-refractivity contribution in [3.8, 4) is 5.75 Å². The first-order valence-electron chi connectivity index (χ1n) is 4.26. The summed E-state index contributed by atoms with van der Waals surface area (Å²) in [6, 6.07) is 5.34. The molecule has 2 aromatic rings. The van der Waals surface area contributed by atoms with Crippen LogP contribution in [0.3, 0.4) is 0 Å². The average Bonchev–Trinajstić information content (AvgIpc) is 2.43. The normalized spacial score (nSPS) is 10.8. The molecule has 74 valence electrons. The van der Waals surface area contributed by atoms with Crippen LogP contribution in [0.15, 0.2) is 22.4 Å². The van der Waals surface area contributed by atoms with Crippen LogP contribution in [-0.2, 0) is 0 Å². The van der Waals surface area contributed by atoms with Crippen molar-refractivity contribution < 1.29 is 9.13 Å². The standard InChI is InChI=1S/C10H9FOS2/c1-2-12-6-3-4-7-8(5-6)14-10(13)9(7)11/h3-5,13H,2H2,1H3. The Labute approximate surface area is 90.9 Å². The van der Waals surface area contributed by atoms with Crippen molar-refractivity contribution in [1.29, 1.82) is 0 Å². The fourth-order valence-corrected chi connectivity index (χ4v) is 2.56. The Hall–Kier alpha value is -0.740. The van der Waals surface area contributed by atoms with E-state index in [0.717, 1.165) is 10.4 Å². The van der Waals surface area contributed by atoms with E-state index < -0.39 is 0 Å². The molecule has 0 aliphatic heterocycles. The summed E-state index contributed by atoms with van der Waals surface area (Å²) < 4.78 is 20.0. The topological polar surface area (TPSA) is 9.23 Å². The zero-order valence-electron chi connectivity index (χ0n) is 7.58. The lowest BCUT2D eigenvalue weighted by atomic mass is 10.2. The third-order valence-electron chi connectivity index (χ3n) is 1.89. The summed E-state index contributed by atoms with van der Waals surface area (Å²) in [5.41, 5.74) is 0. The Morgan fingerprint density at radius 2 is 2.29 bits per heavy atom. The molecular formula is C10H9FOS2. The van der Waals surface area contributed by atoms with Gasteiger partial charge >= 0.3 is 0 Å². The third kappa shape index (κ3) is 1.60. The van der Waals surface area contributed by atoms with Gasteiger partial charge < -0.3 is 4.74 Å². The van der Waals surface area contributed by atoms with Crippen molar-refractivity contribution in [3.63, 3.8) is 0 Å². The first-order chi connectivity index (χ1) is 6.72. The van der Waals surface area contributed by atoms with Crippen LogP contribution in [-0.4, -0.2) is 6.61 Å². The molecule has 0 amide bonds. The summed E-state index contributed by atoms with van der Waals surface area (Å²) in [6.45, 7) is 2.54. The van der Waals surface area contributed by atoms with Crippen LogP contribution in [0.2, 0.25) is 0 Å². The van der Waals surface area contributed by atoms with Crippen molar-refractivity contribution in [2.75, 3.05) is 6.61 Å². The van der Waals surface area contributed by atoms with E-state index in [1.54, 1.807) is 12.1 Å². The second kappa shape index (κ2) is 3.79. The number of fused-ring (bicyclic) bond motifs is 1. The summed E-state index contributed by atoms with van der Waals surface area (Å²) in [5.74, 6) is 0.533. The van der Waals surface area contributed by atoms with Gasteiger partial charge in [-0.2, -0.15) is 0 Å². The minimum absolute atomic E-state index is 0.239. The maximum Gasteiger partial charge on any atom is 0.155 e. The number of hydrogen-bond acceptors (Lipinski definition) is 3. The van der Waals surface area contributed by atoms with Crippen LogP contribution in [0.4, 0.5) is 4.39 Å². The fourth-order valence-electron chi connectivity index (χ4n) is 1.29. The van der Waals surface area contributed by atoms with E-state index in [9.17, 15) is 4.39 Å². The first kappa shape index (κ1) is 9.80. The van der Waals surface area contributed by atoms with Gasteiger partial charge in [-0.25, -0.2) is 4.39 Å². The van der Waals surface area contributed by atoms with Gasteiger partial charge in [-0.05, 0) is 25.1 Å². The number of halogens is 1. The molecule has 0 bridgehead atoms. The molecule has 1 aromatic heterocycles. The van der Waals surface area contributed by atoms with E-state index in [-0.39, 0.29) is 5.82 Å². The summed E-state index contributed by atoms with van der Waals surface area (Å²) in [6.07, 6.45) is 0. The Balaban J connectivity index is 2.56. The molecule has 2 rings (SSSR count). The van der Waals surface area contributed by atoms with Gasteiger partial charge in [0.15, 0.2) is 5.82 Å². The van der Waals surface area contributed by atoms with E-state index in [1.165, 1.54) is 11.3 Å². The predicted molar refractivity (Wildman–Crippen MR) is 60.2 cm³/mol. The quantitative estimate of drug-likeness (QED) is 0.771. The second-order valence-corrected chi connectivity index (χ2v) is 4.61. The highest BCUT2D eigenvalue weighted by atomic mass is 32.2. The largest absolute Gasteiger partial charge is 0.494 e. The highest BCUT2D eigenvalue weighted by Gasteiger charge is 2.09.